The third-order valence-corrected chi connectivity index (χ3v) is 4.65. The largest absolute Gasteiger partial charge is 0.493 e. The molecule has 1 heterocycles. The molecule has 0 fully saturated rings. The van der Waals surface area contributed by atoms with Gasteiger partial charge in [0.1, 0.15) is 5.01 Å². The maximum Gasteiger partial charge on any atom is 0.200 e. The van der Waals surface area contributed by atoms with Crippen LogP contribution in [-0.2, 0) is 0 Å². The molecule has 0 saturated heterocycles. The quantitative estimate of drug-likeness (QED) is 0.306. The van der Waals surface area contributed by atoms with Crippen LogP contribution < -0.4 is 9.47 Å². The summed E-state index contributed by atoms with van der Waals surface area (Å²) in [7, 11) is 2.99. The van der Waals surface area contributed by atoms with E-state index < -0.39 is 34.6 Å². The topological polar surface area (TPSA) is 31.4 Å². The summed E-state index contributed by atoms with van der Waals surface area (Å²) in [5.74, 6) is -8.96. The summed E-state index contributed by atoms with van der Waals surface area (Å²) in [6, 6.07) is 5.14. The van der Waals surface area contributed by atoms with E-state index in [9.17, 15) is 22.0 Å². The number of benzene rings is 2. The molecule has 0 aliphatic carbocycles. The average molecular weight is 413 g/mol. The van der Waals surface area contributed by atoms with Crippen molar-refractivity contribution >= 4 is 23.5 Å². The second-order valence-electron chi connectivity index (χ2n) is 5.46. The Morgan fingerprint density at radius 3 is 2.04 bits per heavy atom. The Morgan fingerprint density at radius 1 is 0.821 bits per heavy atom. The van der Waals surface area contributed by atoms with E-state index in [-0.39, 0.29) is 0 Å². The van der Waals surface area contributed by atoms with Crippen LogP contribution in [0.3, 0.4) is 0 Å². The first kappa shape index (κ1) is 19.8. The monoisotopic (exact) mass is 413 g/mol. The molecule has 146 valence electrons. The van der Waals surface area contributed by atoms with Crippen molar-refractivity contribution in [2.24, 2.45) is 0 Å². The highest BCUT2D eigenvalue weighted by Gasteiger charge is 2.24. The molecule has 0 saturated carbocycles. The molecule has 0 bridgehead atoms. The first-order chi connectivity index (χ1) is 13.4. The van der Waals surface area contributed by atoms with E-state index in [0.29, 0.717) is 27.8 Å². The van der Waals surface area contributed by atoms with Gasteiger partial charge in [-0.2, -0.15) is 0 Å². The van der Waals surface area contributed by atoms with Crippen LogP contribution in [0.2, 0.25) is 0 Å². The lowest BCUT2D eigenvalue weighted by Gasteiger charge is -2.08. The van der Waals surface area contributed by atoms with Gasteiger partial charge in [0.15, 0.2) is 34.8 Å². The molecule has 0 amide bonds. The molecular weight excluding hydrogens is 401 g/mol. The van der Waals surface area contributed by atoms with Crippen LogP contribution >= 0.6 is 11.3 Å². The molecule has 3 nitrogen and oxygen atoms in total. The van der Waals surface area contributed by atoms with Gasteiger partial charge in [-0.05, 0) is 30.4 Å². The number of nitrogens with zero attached hydrogens (tertiary/aromatic N) is 1. The van der Waals surface area contributed by atoms with E-state index in [2.05, 4.69) is 4.98 Å². The molecule has 28 heavy (non-hydrogen) atoms. The van der Waals surface area contributed by atoms with Gasteiger partial charge >= 0.3 is 0 Å². The molecule has 0 aliphatic heterocycles. The zero-order chi connectivity index (χ0) is 20.4. The molecule has 2 aromatic carbocycles. The maximum absolute atomic E-state index is 13.7. The molecule has 0 unspecified atom stereocenters. The highest BCUT2D eigenvalue weighted by molar-refractivity contribution is 7.10. The van der Waals surface area contributed by atoms with E-state index >= 15 is 0 Å². The van der Waals surface area contributed by atoms with Crippen molar-refractivity contribution in [3.05, 3.63) is 63.2 Å². The third-order valence-electron chi connectivity index (χ3n) is 3.84. The fourth-order valence-electron chi connectivity index (χ4n) is 2.42. The molecule has 0 aliphatic rings. The SMILES string of the molecule is COc1ccc(-c2csc(C=Cc3c(F)c(F)c(F)c(F)c3F)n2)cc1OC. The first-order valence-electron chi connectivity index (χ1n) is 7.74. The van der Waals surface area contributed by atoms with Gasteiger partial charge in [0, 0.05) is 10.9 Å². The Morgan fingerprint density at radius 2 is 1.43 bits per heavy atom. The lowest BCUT2D eigenvalue weighted by Crippen LogP contribution is -2.03. The summed E-state index contributed by atoms with van der Waals surface area (Å²) in [5, 5.41) is 1.99. The Bertz CT molecular complexity index is 1040. The van der Waals surface area contributed by atoms with Gasteiger partial charge in [0.2, 0.25) is 5.82 Å². The standard InChI is InChI=1S/C19H12F5NO2S/c1-26-12-5-3-9(7-13(12)27-2)11-8-28-14(25-11)6-4-10-15(20)17(22)19(24)18(23)16(10)21/h3-8H,1-2H3. The zero-order valence-electron chi connectivity index (χ0n) is 14.5. The first-order valence-corrected chi connectivity index (χ1v) is 8.62. The number of methoxy groups -OCH3 is 2. The number of halogens is 5. The van der Waals surface area contributed by atoms with Crippen molar-refractivity contribution in [3.63, 3.8) is 0 Å². The van der Waals surface area contributed by atoms with Crippen molar-refractivity contribution < 1.29 is 31.4 Å². The van der Waals surface area contributed by atoms with Crippen LogP contribution in [-0.4, -0.2) is 19.2 Å². The summed E-state index contributed by atoms with van der Waals surface area (Å²) >= 11 is 1.13. The van der Waals surface area contributed by atoms with Crippen LogP contribution in [0.15, 0.2) is 23.6 Å². The molecular formula is C19H12F5NO2S. The predicted molar refractivity (Wildman–Crippen MR) is 95.8 cm³/mol. The summed E-state index contributed by atoms with van der Waals surface area (Å²) in [6.07, 6.45) is 1.97. The summed E-state index contributed by atoms with van der Waals surface area (Å²) in [5.41, 5.74) is 0.215. The van der Waals surface area contributed by atoms with Gasteiger partial charge in [-0.15, -0.1) is 11.3 Å². The van der Waals surface area contributed by atoms with Crippen molar-refractivity contribution in [2.75, 3.05) is 14.2 Å². The molecule has 3 aromatic rings. The number of thiazole rings is 1. The Balaban J connectivity index is 1.92. The molecule has 3 rings (SSSR count). The minimum Gasteiger partial charge on any atom is -0.493 e. The van der Waals surface area contributed by atoms with Crippen LogP contribution in [0.5, 0.6) is 11.5 Å². The van der Waals surface area contributed by atoms with Gasteiger partial charge in [-0.25, -0.2) is 26.9 Å². The van der Waals surface area contributed by atoms with Crippen LogP contribution in [0.25, 0.3) is 23.4 Å². The fourth-order valence-corrected chi connectivity index (χ4v) is 3.13. The van der Waals surface area contributed by atoms with Gasteiger partial charge in [-0.1, -0.05) is 0 Å². The lowest BCUT2D eigenvalue weighted by atomic mass is 10.1. The molecule has 0 spiro atoms. The number of hydrogen-bond donors (Lipinski definition) is 0. The smallest absolute Gasteiger partial charge is 0.200 e. The molecule has 0 N–H and O–H groups in total. The second kappa shape index (κ2) is 7.97. The number of aromatic nitrogens is 1. The summed E-state index contributed by atoms with van der Waals surface area (Å²) < 4.78 is 77.4. The van der Waals surface area contributed by atoms with E-state index in [0.717, 1.165) is 17.4 Å². The second-order valence-corrected chi connectivity index (χ2v) is 6.35. The van der Waals surface area contributed by atoms with E-state index in [1.807, 2.05) is 0 Å². The van der Waals surface area contributed by atoms with Crippen molar-refractivity contribution in [3.8, 4) is 22.8 Å². The summed E-state index contributed by atoms with van der Waals surface area (Å²) in [6.45, 7) is 0. The Labute approximate surface area is 160 Å². The Hall–Kier alpha value is -2.94. The zero-order valence-corrected chi connectivity index (χ0v) is 15.3. The normalized spacial score (nSPS) is 11.2. The highest BCUT2D eigenvalue weighted by atomic mass is 32.1. The number of hydrogen-bond acceptors (Lipinski definition) is 4. The van der Waals surface area contributed by atoms with Crippen molar-refractivity contribution in [1.29, 1.82) is 0 Å². The minimum absolute atomic E-state index is 0.314. The average Bonchev–Trinajstić information content (AvgIpc) is 3.19. The maximum atomic E-state index is 13.7. The van der Waals surface area contributed by atoms with E-state index in [4.69, 9.17) is 9.47 Å². The summed E-state index contributed by atoms with van der Waals surface area (Å²) in [4.78, 5) is 4.28. The predicted octanol–water partition coefficient (Wildman–Crippen LogP) is 5.69. The van der Waals surface area contributed by atoms with E-state index in [1.54, 1.807) is 23.6 Å². The van der Waals surface area contributed by atoms with Crippen LogP contribution in [0, 0.1) is 29.1 Å². The van der Waals surface area contributed by atoms with Crippen molar-refractivity contribution in [1.82, 2.24) is 4.98 Å². The number of rotatable bonds is 5. The molecule has 0 atom stereocenters. The molecule has 0 radical (unpaired) electrons. The minimum atomic E-state index is -2.20. The highest BCUT2D eigenvalue weighted by Crippen LogP contribution is 2.33. The molecule has 1 aromatic heterocycles. The lowest BCUT2D eigenvalue weighted by molar-refractivity contribution is 0.355. The fraction of sp³-hybridized carbons (Fsp3) is 0.105. The molecule has 9 heteroatoms. The Kier molecular flexibility index (Phi) is 5.64. The van der Waals surface area contributed by atoms with Gasteiger partial charge in [0.05, 0.1) is 25.5 Å². The third kappa shape index (κ3) is 3.57. The van der Waals surface area contributed by atoms with Crippen molar-refractivity contribution in [2.45, 2.75) is 0 Å². The van der Waals surface area contributed by atoms with Gasteiger partial charge < -0.3 is 9.47 Å². The van der Waals surface area contributed by atoms with Gasteiger partial charge in [0.25, 0.3) is 0 Å². The van der Waals surface area contributed by atoms with Crippen LogP contribution in [0.1, 0.15) is 10.6 Å². The number of ether oxygens (including phenoxy) is 2. The van der Waals surface area contributed by atoms with Gasteiger partial charge in [-0.3, -0.25) is 0 Å². The van der Waals surface area contributed by atoms with Crippen LogP contribution in [0.4, 0.5) is 22.0 Å². The van der Waals surface area contributed by atoms with E-state index in [1.165, 1.54) is 20.3 Å².